The highest BCUT2D eigenvalue weighted by atomic mass is 32.2. The summed E-state index contributed by atoms with van der Waals surface area (Å²) in [5.74, 6) is -0.0586. The zero-order valence-corrected chi connectivity index (χ0v) is 21.5. The normalized spacial score (nSPS) is 27.9. The van der Waals surface area contributed by atoms with Crippen LogP contribution in [0.2, 0.25) is 0 Å². The van der Waals surface area contributed by atoms with Crippen LogP contribution in [0.15, 0.2) is 30.3 Å². The number of hydrogen-bond acceptors (Lipinski definition) is 5. The number of urea groups is 1. The second-order valence-electron chi connectivity index (χ2n) is 10.5. The van der Waals surface area contributed by atoms with Crippen molar-refractivity contribution in [3.63, 3.8) is 0 Å². The molecule has 2 saturated heterocycles. The van der Waals surface area contributed by atoms with Crippen LogP contribution < -0.4 is 0 Å². The minimum absolute atomic E-state index is 0.00249. The van der Waals surface area contributed by atoms with Crippen LogP contribution >= 0.6 is 0 Å². The van der Waals surface area contributed by atoms with E-state index in [1.807, 2.05) is 11.0 Å². The molecule has 1 aliphatic carbocycles. The number of rotatable bonds is 7. The van der Waals surface area contributed by atoms with Crippen molar-refractivity contribution in [3.05, 3.63) is 35.9 Å². The fourth-order valence-electron chi connectivity index (χ4n) is 6.07. The van der Waals surface area contributed by atoms with Crippen molar-refractivity contribution in [3.8, 4) is 0 Å². The first kappa shape index (κ1) is 25.0. The molecule has 0 radical (unpaired) electrons. The molecule has 8 nitrogen and oxygen atoms in total. The molecule has 34 heavy (non-hydrogen) atoms. The van der Waals surface area contributed by atoms with Crippen LogP contribution in [0.4, 0.5) is 4.79 Å². The van der Waals surface area contributed by atoms with Crippen LogP contribution in [-0.2, 0) is 20.2 Å². The summed E-state index contributed by atoms with van der Waals surface area (Å²) in [6.45, 7) is 2.24. The first-order chi connectivity index (χ1) is 16.1. The predicted octanol–water partition coefficient (Wildman–Crippen LogP) is 2.16. The van der Waals surface area contributed by atoms with E-state index in [0.29, 0.717) is 6.54 Å². The molecule has 0 N–H and O–H groups in total. The van der Waals surface area contributed by atoms with Gasteiger partial charge in [-0.05, 0) is 58.2 Å². The van der Waals surface area contributed by atoms with Gasteiger partial charge in [0.1, 0.15) is 16.4 Å². The molecule has 4 rings (SSSR count). The molecule has 0 unspecified atom stereocenters. The number of benzene rings is 1. The Balaban J connectivity index is 1.59. The Kier molecular flexibility index (Phi) is 6.97. The zero-order valence-electron chi connectivity index (χ0n) is 20.7. The molecule has 3 fully saturated rings. The fourth-order valence-corrected chi connectivity index (χ4v) is 6.62. The highest BCUT2D eigenvalue weighted by Gasteiger charge is 2.55. The van der Waals surface area contributed by atoms with Crippen molar-refractivity contribution >= 4 is 21.8 Å². The van der Waals surface area contributed by atoms with Crippen molar-refractivity contribution in [2.45, 2.75) is 49.6 Å². The number of carbonyl (C=O) groups is 2. The van der Waals surface area contributed by atoms with Gasteiger partial charge < -0.3 is 14.7 Å². The number of carbonyl (C=O) groups excluding carboxylic acids is 2. The van der Waals surface area contributed by atoms with E-state index in [2.05, 4.69) is 43.3 Å². The summed E-state index contributed by atoms with van der Waals surface area (Å²) in [5.41, 5.74) is 0.700. The smallest absolute Gasteiger partial charge is 0.321 e. The number of amides is 3. The topological polar surface area (TPSA) is 81.2 Å². The average molecular weight is 491 g/mol. The first-order valence-corrected chi connectivity index (χ1v) is 14.4. The number of sulfone groups is 1. The highest BCUT2D eigenvalue weighted by molar-refractivity contribution is 7.90. The first-order valence-electron chi connectivity index (χ1n) is 12.3. The molecule has 0 aromatic heterocycles. The second-order valence-corrected chi connectivity index (χ2v) is 12.8. The maximum Gasteiger partial charge on any atom is 0.321 e. The van der Waals surface area contributed by atoms with Gasteiger partial charge in [0.2, 0.25) is 5.91 Å². The zero-order chi connectivity index (χ0) is 24.6. The Morgan fingerprint density at radius 2 is 1.65 bits per heavy atom. The largest absolute Gasteiger partial charge is 0.341 e. The van der Waals surface area contributed by atoms with Gasteiger partial charge >= 0.3 is 6.03 Å². The van der Waals surface area contributed by atoms with E-state index in [1.165, 1.54) is 11.8 Å². The Bertz CT molecular complexity index is 997. The third-order valence-corrected chi connectivity index (χ3v) is 9.14. The number of hydrogen-bond donors (Lipinski definition) is 0. The number of likely N-dealkylation sites (tertiary alicyclic amines) is 1. The monoisotopic (exact) mass is 490 g/mol. The van der Waals surface area contributed by atoms with Crippen molar-refractivity contribution in [2.75, 3.05) is 58.8 Å². The Hall–Kier alpha value is -2.13. The van der Waals surface area contributed by atoms with E-state index in [-0.39, 0.29) is 36.3 Å². The molecular weight excluding hydrogens is 452 g/mol. The van der Waals surface area contributed by atoms with Crippen LogP contribution in [0.1, 0.15) is 44.1 Å². The summed E-state index contributed by atoms with van der Waals surface area (Å²) < 4.78 is 23.6. The van der Waals surface area contributed by atoms with E-state index in [9.17, 15) is 18.0 Å². The molecule has 2 heterocycles. The van der Waals surface area contributed by atoms with Crippen LogP contribution in [0.5, 0.6) is 0 Å². The summed E-state index contributed by atoms with van der Waals surface area (Å²) in [4.78, 5) is 34.1. The Labute approximate surface area is 203 Å². The maximum atomic E-state index is 13.5. The second kappa shape index (κ2) is 9.49. The van der Waals surface area contributed by atoms with Gasteiger partial charge in [0.25, 0.3) is 0 Å². The lowest BCUT2D eigenvalue weighted by Gasteiger charge is -2.51. The molecule has 1 spiro atoms. The molecule has 3 amide bonds. The molecule has 1 saturated carbocycles. The van der Waals surface area contributed by atoms with Gasteiger partial charge in [-0.2, -0.15) is 0 Å². The minimum Gasteiger partial charge on any atom is -0.341 e. The van der Waals surface area contributed by atoms with Crippen LogP contribution in [0, 0.1) is 0 Å². The quantitative estimate of drug-likeness (QED) is 0.585. The summed E-state index contributed by atoms with van der Waals surface area (Å²) in [5, 5.41) is 0. The van der Waals surface area contributed by atoms with Gasteiger partial charge in [0.05, 0.1) is 11.3 Å². The van der Waals surface area contributed by atoms with E-state index < -0.39 is 15.4 Å². The van der Waals surface area contributed by atoms with Crippen molar-refractivity contribution < 1.29 is 18.0 Å². The van der Waals surface area contributed by atoms with Crippen molar-refractivity contribution in [2.24, 2.45) is 0 Å². The van der Waals surface area contributed by atoms with Gasteiger partial charge in [-0.15, -0.1) is 0 Å². The molecule has 1 aromatic carbocycles. The van der Waals surface area contributed by atoms with Gasteiger partial charge in [-0.25, -0.2) is 13.2 Å². The molecule has 0 bridgehead atoms. The molecule has 3 aliphatic rings. The van der Waals surface area contributed by atoms with E-state index in [1.54, 1.807) is 9.80 Å². The van der Waals surface area contributed by atoms with Crippen LogP contribution in [-0.4, -0.2) is 104 Å². The third kappa shape index (κ3) is 4.82. The Morgan fingerprint density at radius 3 is 2.21 bits per heavy atom. The van der Waals surface area contributed by atoms with Crippen LogP contribution in [0.3, 0.4) is 0 Å². The maximum absolute atomic E-state index is 13.5. The third-order valence-electron chi connectivity index (χ3n) is 8.22. The van der Waals surface area contributed by atoms with Gasteiger partial charge in [0.15, 0.2) is 0 Å². The fraction of sp³-hybridized carbons (Fsp3) is 0.680. The van der Waals surface area contributed by atoms with E-state index in [0.717, 1.165) is 51.6 Å². The lowest BCUT2D eigenvalue weighted by Crippen LogP contribution is -2.57. The van der Waals surface area contributed by atoms with Crippen LogP contribution in [0.25, 0.3) is 0 Å². The van der Waals surface area contributed by atoms with E-state index >= 15 is 0 Å². The standard InChI is InChI=1S/C25H38N4O4S/c1-26(2)25(21-9-5-4-6-10-21)13-11-24(12-14-25)20-28(17-18-34(3,32)33)23(31)29(24)19-22(30)27-15-7-8-16-27/h4-6,9-10H,7-8,11-20H2,1-3H3/t24-,25+. The van der Waals surface area contributed by atoms with E-state index in [4.69, 9.17) is 0 Å². The molecule has 9 heteroatoms. The van der Waals surface area contributed by atoms with Gasteiger partial charge in [-0.1, -0.05) is 30.3 Å². The lowest BCUT2D eigenvalue weighted by atomic mass is 9.68. The van der Waals surface area contributed by atoms with Crippen molar-refractivity contribution in [1.29, 1.82) is 0 Å². The molecular formula is C25H38N4O4S. The van der Waals surface area contributed by atoms with Gasteiger partial charge in [-0.3, -0.25) is 9.69 Å². The summed E-state index contributed by atoms with van der Waals surface area (Å²) in [7, 11) is 1.03. The average Bonchev–Trinajstić information content (AvgIpc) is 3.42. The summed E-state index contributed by atoms with van der Waals surface area (Å²) >= 11 is 0. The molecule has 1 aromatic rings. The summed E-state index contributed by atoms with van der Waals surface area (Å²) in [6.07, 6.45) is 6.49. The molecule has 0 atom stereocenters. The molecule has 2 aliphatic heterocycles. The highest BCUT2D eigenvalue weighted by Crippen LogP contribution is 2.48. The minimum atomic E-state index is -3.19. The number of nitrogens with zero attached hydrogens (tertiary/aromatic N) is 4. The van der Waals surface area contributed by atoms with Gasteiger partial charge in [0, 0.05) is 38.0 Å². The SMILES string of the molecule is CN(C)[C@]1(c2ccccc2)CC[C@]2(CC1)CN(CCS(C)(=O)=O)C(=O)N2CC(=O)N1CCCC1. The summed E-state index contributed by atoms with van der Waals surface area (Å²) in [6, 6.07) is 10.3. The predicted molar refractivity (Wildman–Crippen MR) is 132 cm³/mol. The lowest BCUT2D eigenvalue weighted by molar-refractivity contribution is -0.132. The molecule has 188 valence electrons. The van der Waals surface area contributed by atoms with Crippen molar-refractivity contribution in [1.82, 2.24) is 19.6 Å². The Morgan fingerprint density at radius 1 is 1.03 bits per heavy atom.